The van der Waals surface area contributed by atoms with Crippen LogP contribution in [0.15, 0.2) is 52.3 Å². The van der Waals surface area contributed by atoms with E-state index in [0.717, 1.165) is 18.1 Å². The Bertz CT molecular complexity index is 672. The molecule has 0 radical (unpaired) electrons. The molecule has 0 saturated carbocycles. The van der Waals surface area contributed by atoms with Gasteiger partial charge in [0.05, 0.1) is 11.4 Å². The molecule has 0 aliphatic carbocycles. The summed E-state index contributed by atoms with van der Waals surface area (Å²) >= 11 is 8.07. The fourth-order valence-electron chi connectivity index (χ4n) is 2.99. The molecule has 0 aromatic heterocycles. The quantitative estimate of drug-likeness (QED) is 0.765. The molecule has 2 nitrogen and oxygen atoms in total. The first-order valence-corrected chi connectivity index (χ1v) is 8.73. The molecule has 1 aliphatic heterocycles. The largest absolute Gasteiger partial charge is 0.339 e. The Balaban J connectivity index is 1.98. The second-order valence-electron chi connectivity index (χ2n) is 6.16. The first-order chi connectivity index (χ1) is 10.5. The third-order valence-electron chi connectivity index (χ3n) is 3.76. The van der Waals surface area contributed by atoms with Gasteiger partial charge in [-0.05, 0) is 50.3 Å². The Hall–Kier alpha value is -1.16. The average molecular weight is 333 g/mol. The van der Waals surface area contributed by atoms with E-state index in [1.807, 2.05) is 17.8 Å². The van der Waals surface area contributed by atoms with E-state index in [9.17, 15) is 0 Å². The summed E-state index contributed by atoms with van der Waals surface area (Å²) in [6.07, 6.45) is 0. The highest BCUT2D eigenvalue weighted by Crippen LogP contribution is 2.48. The molecule has 1 unspecified atom stereocenters. The monoisotopic (exact) mass is 332 g/mol. The predicted octanol–water partition coefficient (Wildman–Crippen LogP) is 5.14. The molecule has 22 heavy (non-hydrogen) atoms. The van der Waals surface area contributed by atoms with Crippen LogP contribution in [0.2, 0.25) is 5.02 Å². The van der Waals surface area contributed by atoms with Crippen molar-refractivity contribution in [1.82, 2.24) is 4.90 Å². The standard InChI is InChI=1S/C18H21ClN2S/c1-13(11-20(2)3)12-21-15-6-4-5-7-17(15)22-18-9-8-14(19)10-16(18)21/h4-10,13H,11-12H2,1-3H3. The van der Waals surface area contributed by atoms with Crippen molar-refractivity contribution in [3.05, 3.63) is 47.5 Å². The molecule has 0 N–H and O–H groups in total. The highest BCUT2D eigenvalue weighted by Gasteiger charge is 2.24. The van der Waals surface area contributed by atoms with Gasteiger partial charge < -0.3 is 9.80 Å². The normalized spacial score (nSPS) is 14.7. The highest BCUT2D eigenvalue weighted by atomic mass is 35.5. The fraction of sp³-hybridized carbons (Fsp3) is 0.333. The third kappa shape index (κ3) is 3.27. The van der Waals surface area contributed by atoms with Crippen LogP contribution in [0.1, 0.15) is 6.92 Å². The van der Waals surface area contributed by atoms with E-state index >= 15 is 0 Å². The van der Waals surface area contributed by atoms with Gasteiger partial charge in [0.25, 0.3) is 0 Å². The Morgan fingerprint density at radius 1 is 1.09 bits per heavy atom. The van der Waals surface area contributed by atoms with Crippen LogP contribution in [0.5, 0.6) is 0 Å². The number of rotatable bonds is 4. The summed E-state index contributed by atoms with van der Waals surface area (Å²) in [7, 11) is 4.25. The predicted molar refractivity (Wildman–Crippen MR) is 96.7 cm³/mol. The van der Waals surface area contributed by atoms with Gasteiger partial charge in [0.15, 0.2) is 0 Å². The van der Waals surface area contributed by atoms with Crippen LogP contribution >= 0.6 is 23.4 Å². The summed E-state index contributed by atoms with van der Waals surface area (Å²) in [6.45, 7) is 4.36. The number of hydrogen-bond acceptors (Lipinski definition) is 3. The van der Waals surface area contributed by atoms with Crippen molar-refractivity contribution < 1.29 is 0 Å². The molecular weight excluding hydrogens is 312 g/mol. The van der Waals surface area contributed by atoms with Crippen LogP contribution in [-0.4, -0.2) is 32.1 Å². The van der Waals surface area contributed by atoms with Crippen molar-refractivity contribution >= 4 is 34.7 Å². The lowest BCUT2D eigenvalue weighted by Gasteiger charge is -2.35. The molecule has 1 aliphatic rings. The first kappa shape index (κ1) is 15.7. The number of benzene rings is 2. The van der Waals surface area contributed by atoms with Gasteiger partial charge in [-0.2, -0.15) is 0 Å². The zero-order chi connectivity index (χ0) is 15.7. The van der Waals surface area contributed by atoms with E-state index in [2.05, 4.69) is 67.2 Å². The Morgan fingerprint density at radius 2 is 1.82 bits per heavy atom. The SMILES string of the molecule is CC(CN(C)C)CN1c2ccccc2Sc2ccc(Cl)cc21. The van der Waals surface area contributed by atoms with Crippen LogP contribution in [0.4, 0.5) is 11.4 Å². The Kier molecular flexibility index (Phi) is 4.67. The second kappa shape index (κ2) is 6.53. The maximum atomic E-state index is 6.25. The average Bonchev–Trinajstić information content (AvgIpc) is 2.47. The zero-order valence-electron chi connectivity index (χ0n) is 13.2. The van der Waals surface area contributed by atoms with Gasteiger partial charge in [-0.25, -0.2) is 0 Å². The topological polar surface area (TPSA) is 6.48 Å². The van der Waals surface area contributed by atoms with E-state index in [4.69, 9.17) is 11.6 Å². The van der Waals surface area contributed by atoms with Crippen LogP contribution < -0.4 is 4.90 Å². The summed E-state index contributed by atoms with van der Waals surface area (Å²) in [6, 6.07) is 14.8. The lowest BCUT2D eigenvalue weighted by Crippen LogP contribution is -2.31. The summed E-state index contributed by atoms with van der Waals surface area (Å²) in [5.41, 5.74) is 2.51. The number of para-hydroxylation sites is 1. The molecule has 0 saturated heterocycles. The first-order valence-electron chi connectivity index (χ1n) is 7.53. The lowest BCUT2D eigenvalue weighted by molar-refractivity contribution is 0.343. The number of anilines is 2. The number of fused-ring (bicyclic) bond motifs is 2. The van der Waals surface area contributed by atoms with Gasteiger partial charge in [-0.3, -0.25) is 0 Å². The zero-order valence-corrected chi connectivity index (χ0v) is 14.8. The molecule has 2 aromatic rings. The van der Waals surface area contributed by atoms with Crippen LogP contribution in [0.3, 0.4) is 0 Å². The highest BCUT2D eigenvalue weighted by molar-refractivity contribution is 7.99. The van der Waals surface area contributed by atoms with E-state index in [-0.39, 0.29) is 0 Å². The summed E-state index contributed by atoms with van der Waals surface area (Å²) in [5, 5.41) is 0.795. The van der Waals surface area contributed by atoms with Crippen molar-refractivity contribution in [1.29, 1.82) is 0 Å². The van der Waals surface area contributed by atoms with Gasteiger partial charge in [-0.1, -0.05) is 42.4 Å². The minimum absolute atomic E-state index is 0.568. The van der Waals surface area contributed by atoms with Gasteiger partial charge in [-0.15, -0.1) is 0 Å². The van der Waals surface area contributed by atoms with Crippen LogP contribution in [0, 0.1) is 5.92 Å². The van der Waals surface area contributed by atoms with Crippen molar-refractivity contribution in [2.45, 2.75) is 16.7 Å². The fourth-order valence-corrected chi connectivity index (χ4v) is 4.23. The molecule has 1 atom stereocenters. The second-order valence-corrected chi connectivity index (χ2v) is 7.68. The molecule has 4 heteroatoms. The number of hydrogen-bond donors (Lipinski definition) is 0. The maximum absolute atomic E-state index is 6.25. The van der Waals surface area contributed by atoms with E-state index in [1.54, 1.807) is 0 Å². The van der Waals surface area contributed by atoms with Gasteiger partial charge in [0, 0.05) is 27.9 Å². The number of nitrogens with zero attached hydrogens (tertiary/aromatic N) is 2. The summed E-state index contributed by atoms with van der Waals surface area (Å²) < 4.78 is 0. The summed E-state index contributed by atoms with van der Waals surface area (Å²) in [4.78, 5) is 7.25. The molecule has 1 heterocycles. The van der Waals surface area contributed by atoms with E-state index < -0.39 is 0 Å². The van der Waals surface area contributed by atoms with E-state index in [0.29, 0.717) is 5.92 Å². The molecule has 0 fully saturated rings. The number of halogens is 1. The van der Waals surface area contributed by atoms with Crippen LogP contribution in [-0.2, 0) is 0 Å². The Morgan fingerprint density at radius 3 is 2.59 bits per heavy atom. The molecule has 3 rings (SSSR count). The molecule has 116 valence electrons. The molecule has 0 spiro atoms. The minimum Gasteiger partial charge on any atom is -0.339 e. The van der Waals surface area contributed by atoms with Gasteiger partial charge in [0.2, 0.25) is 0 Å². The van der Waals surface area contributed by atoms with Gasteiger partial charge in [0.1, 0.15) is 0 Å². The minimum atomic E-state index is 0.568. The smallest absolute Gasteiger partial charge is 0.0567 e. The maximum Gasteiger partial charge on any atom is 0.0567 e. The summed E-state index contributed by atoms with van der Waals surface area (Å²) in [5.74, 6) is 0.568. The van der Waals surface area contributed by atoms with Crippen molar-refractivity contribution in [2.75, 3.05) is 32.1 Å². The molecular formula is C18H21ClN2S. The van der Waals surface area contributed by atoms with Crippen molar-refractivity contribution in [2.24, 2.45) is 5.92 Å². The van der Waals surface area contributed by atoms with Gasteiger partial charge >= 0.3 is 0 Å². The third-order valence-corrected chi connectivity index (χ3v) is 5.12. The van der Waals surface area contributed by atoms with Crippen molar-refractivity contribution in [3.8, 4) is 0 Å². The lowest BCUT2D eigenvalue weighted by atomic mass is 10.1. The molecule has 0 bridgehead atoms. The Labute approximate surface area is 142 Å². The molecule has 2 aromatic carbocycles. The molecule has 0 amide bonds. The van der Waals surface area contributed by atoms with Crippen LogP contribution in [0.25, 0.3) is 0 Å². The van der Waals surface area contributed by atoms with Crippen molar-refractivity contribution in [3.63, 3.8) is 0 Å². The van der Waals surface area contributed by atoms with E-state index in [1.165, 1.54) is 21.2 Å².